The van der Waals surface area contributed by atoms with Gasteiger partial charge in [-0.2, -0.15) is 0 Å². The van der Waals surface area contributed by atoms with Gasteiger partial charge < -0.3 is 5.32 Å². The van der Waals surface area contributed by atoms with E-state index in [1.54, 1.807) is 0 Å². The number of aryl methyl sites for hydroxylation is 1. The summed E-state index contributed by atoms with van der Waals surface area (Å²) in [6, 6.07) is 2.06. The van der Waals surface area contributed by atoms with Gasteiger partial charge in [0.1, 0.15) is 11.6 Å². The van der Waals surface area contributed by atoms with Crippen LogP contribution in [0.3, 0.4) is 0 Å². The second-order valence-electron chi connectivity index (χ2n) is 7.12. The highest BCUT2D eigenvalue weighted by molar-refractivity contribution is 5.35. The number of anilines is 1. The van der Waals surface area contributed by atoms with E-state index in [9.17, 15) is 0 Å². The third kappa shape index (κ3) is 3.50. The van der Waals surface area contributed by atoms with Crippen molar-refractivity contribution < 1.29 is 0 Å². The van der Waals surface area contributed by atoms with Gasteiger partial charge in [-0.25, -0.2) is 9.97 Å². The van der Waals surface area contributed by atoms with Crippen LogP contribution in [0.1, 0.15) is 70.8 Å². The summed E-state index contributed by atoms with van der Waals surface area (Å²) in [7, 11) is 1.93. The van der Waals surface area contributed by atoms with Crippen molar-refractivity contribution in [1.82, 2.24) is 9.97 Å². The van der Waals surface area contributed by atoms with Crippen molar-refractivity contribution in [2.24, 2.45) is 11.3 Å². The number of nitrogens with one attached hydrogen (secondary N) is 1. The lowest BCUT2D eigenvalue weighted by molar-refractivity contribution is 0.167. The highest BCUT2D eigenvalue weighted by atomic mass is 15.0. The lowest BCUT2D eigenvalue weighted by Gasteiger charge is -2.36. The summed E-state index contributed by atoms with van der Waals surface area (Å²) in [6.45, 7) is 9.25. The molecule has 1 aliphatic carbocycles. The zero-order valence-corrected chi connectivity index (χ0v) is 13.7. The number of hydrogen-bond acceptors (Lipinski definition) is 3. The summed E-state index contributed by atoms with van der Waals surface area (Å²) in [6.07, 6.45) is 6.06. The Hall–Kier alpha value is -1.12. The minimum absolute atomic E-state index is 0.438. The second kappa shape index (κ2) is 6.11. The van der Waals surface area contributed by atoms with Gasteiger partial charge in [0.05, 0.1) is 0 Å². The van der Waals surface area contributed by atoms with Crippen LogP contribution in [0, 0.1) is 11.3 Å². The topological polar surface area (TPSA) is 37.8 Å². The van der Waals surface area contributed by atoms with Crippen LogP contribution in [0.4, 0.5) is 5.82 Å². The molecule has 3 heteroatoms. The Labute approximate surface area is 123 Å². The third-order valence-electron chi connectivity index (χ3n) is 4.73. The Morgan fingerprint density at radius 1 is 1.15 bits per heavy atom. The zero-order valence-electron chi connectivity index (χ0n) is 13.7. The van der Waals surface area contributed by atoms with Crippen LogP contribution in [0.15, 0.2) is 6.07 Å². The van der Waals surface area contributed by atoms with Crippen molar-refractivity contribution in [3.8, 4) is 0 Å². The SMILES string of the molecule is CCc1cc(NC)nc(C2CCC(C(C)(C)C)CC2)n1. The van der Waals surface area contributed by atoms with Gasteiger partial charge in [0, 0.05) is 24.7 Å². The summed E-state index contributed by atoms with van der Waals surface area (Å²) in [5, 5.41) is 3.16. The molecule has 1 aromatic heterocycles. The van der Waals surface area contributed by atoms with Crippen LogP contribution < -0.4 is 5.32 Å². The van der Waals surface area contributed by atoms with Gasteiger partial charge in [-0.3, -0.25) is 0 Å². The molecule has 1 heterocycles. The summed E-state index contributed by atoms with van der Waals surface area (Å²) >= 11 is 0. The number of rotatable bonds is 3. The summed E-state index contributed by atoms with van der Waals surface area (Å²) in [5.41, 5.74) is 1.59. The summed E-state index contributed by atoms with van der Waals surface area (Å²) in [5.74, 6) is 3.41. The molecule has 2 rings (SSSR count). The van der Waals surface area contributed by atoms with E-state index in [0.29, 0.717) is 11.3 Å². The normalized spacial score (nSPS) is 23.6. The van der Waals surface area contributed by atoms with E-state index in [0.717, 1.165) is 29.7 Å². The van der Waals surface area contributed by atoms with E-state index >= 15 is 0 Å². The monoisotopic (exact) mass is 275 g/mol. The molecule has 3 nitrogen and oxygen atoms in total. The fourth-order valence-corrected chi connectivity index (χ4v) is 3.23. The van der Waals surface area contributed by atoms with E-state index in [4.69, 9.17) is 4.98 Å². The number of aromatic nitrogens is 2. The molecule has 1 aromatic rings. The molecule has 0 saturated heterocycles. The van der Waals surface area contributed by atoms with Crippen molar-refractivity contribution in [2.75, 3.05) is 12.4 Å². The average Bonchev–Trinajstić information content (AvgIpc) is 2.46. The minimum Gasteiger partial charge on any atom is -0.373 e. The molecule has 0 unspecified atom stereocenters. The third-order valence-corrected chi connectivity index (χ3v) is 4.73. The van der Waals surface area contributed by atoms with Crippen LogP contribution in [0.25, 0.3) is 0 Å². The lowest BCUT2D eigenvalue weighted by Crippen LogP contribution is -2.26. The summed E-state index contributed by atoms with van der Waals surface area (Å²) in [4.78, 5) is 9.45. The van der Waals surface area contributed by atoms with Crippen LogP contribution in [-0.2, 0) is 6.42 Å². The minimum atomic E-state index is 0.438. The first-order chi connectivity index (χ1) is 9.44. The standard InChI is InChI=1S/C17H29N3/c1-6-14-11-15(18-5)20-16(19-14)12-7-9-13(10-8-12)17(2,3)4/h11-13H,6-10H2,1-5H3,(H,18,19,20). The van der Waals surface area contributed by atoms with Crippen LogP contribution in [-0.4, -0.2) is 17.0 Å². The second-order valence-corrected chi connectivity index (χ2v) is 7.12. The largest absolute Gasteiger partial charge is 0.373 e. The van der Waals surface area contributed by atoms with Crippen molar-refractivity contribution in [2.45, 2.75) is 65.7 Å². The molecule has 1 aliphatic rings. The Morgan fingerprint density at radius 3 is 2.30 bits per heavy atom. The Balaban J connectivity index is 2.10. The molecule has 0 amide bonds. The van der Waals surface area contributed by atoms with Gasteiger partial charge in [-0.05, 0) is 43.4 Å². The van der Waals surface area contributed by atoms with Gasteiger partial charge in [-0.1, -0.05) is 27.7 Å². The molecule has 1 saturated carbocycles. The molecule has 0 spiro atoms. The van der Waals surface area contributed by atoms with Gasteiger partial charge in [-0.15, -0.1) is 0 Å². The van der Waals surface area contributed by atoms with Gasteiger partial charge in [0.15, 0.2) is 0 Å². The molecule has 0 atom stereocenters. The predicted molar refractivity (Wildman–Crippen MR) is 85.1 cm³/mol. The van der Waals surface area contributed by atoms with Gasteiger partial charge in [0.25, 0.3) is 0 Å². The van der Waals surface area contributed by atoms with Crippen LogP contribution in [0.5, 0.6) is 0 Å². The Kier molecular flexibility index (Phi) is 4.66. The maximum Gasteiger partial charge on any atom is 0.134 e. The van der Waals surface area contributed by atoms with E-state index in [1.807, 2.05) is 7.05 Å². The first-order valence-corrected chi connectivity index (χ1v) is 7.99. The average molecular weight is 275 g/mol. The Morgan fingerprint density at radius 2 is 1.80 bits per heavy atom. The first-order valence-electron chi connectivity index (χ1n) is 7.99. The highest BCUT2D eigenvalue weighted by Crippen LogP contribution is 2.42. The van der Waals surface area contributed by atoms with Crippen LogP contribution in [0.2, 0.25) is 0 Å². The molecule has 0 bridgehead atoms. The molecular weight excluding hydrogens is 246 g/mol. The highest BCUT2D eigenvalue weighted by Gasteiger charge is 2.31. The van der Waals surface area contributed by atoms with E-state index in [1.165, 1.54) is 25.7 Å². The molecule has 112 valence electrons. The fourth-order valence-electron chi connectivity index (χ4n) is 3.23. The molecule has 20 heavy (non-hydrogen) atoms. The van der Waals surface area contributed by atoms with Crippen molar-refractivity contribution >= 4 is 5.82 Å². The lowest BCUT2D eigenvalue weighted by atomic mass is 9.69. The van der Waals surface area contributed by atoms with E-state index in [2.05, 4.69) is 44.1 Å². The molecule has 0 radical (unpaired) electrons. The smallest absolute Gasteiger partial charge is 0.134 e. The maximum atomic E-state index is 4.76. The van der Waals surface area contributed by atoms with Crippen molar-refractivity contribution in [3.05, 3.63) is 17.6 Å². The molecule has 1 N–H and O–H groups in total. The summed E-state index contributed by atoms with van der Waals surface area (Å²) < 4.78 is 0. The molecular formula is C17H29N3. The Bertz CT molecular complexity index is 418. The van der Waals surface area contributed by atoms with Crippen LogP contribution >= 0.6 is 0 Å². The quantitative estimate of drug-likeness (QED) is 0.888. The van der Waals surface area contributed by atoms with E-state index in [-0.39, 0.29) is 0 Å². The van der Waals surface area contributed by atoms with E-state index < -0.39 is 0 Å². The number of hydrogen-bond donors (Lipinski definition) is 1. The molecule has 1 fully saturated rings. The zero-order chi connectivity index (χ0) is 14.8. The predicted octanol–water partition coefficient (Wildman–Crippen LogP) is 4.40. The molecule has 0 aromatic carbocycles. The van der Waals surface area contributed by atoms with Gasteiger partial charge in [0.2, 0.25) is 0 Å². The number of nitrogens with zero attached hydrogens (tertiary/aromatic N) is 2. The fraction of sp³-hybridized carbons (Fsp3) is 0.765. The molecule has 0 aliphatic heterocycles. The van der Waals surface area contributed by atoms with Gasteiger partial charge >= 0.3 is 0 Å². The maximum absolute atomic E-state index is 4.76. The van der Waals surface area contributed by atoms with Crippen molar-refractivity contribution in [1.29, 1.82) is 0 Å². The van der Waals surface area contributed by atoms with Crippen molar-refractivity contribution in [3.63, 3.8) is 0 Å². The first kappa shape index (κ1) is 15.3.